The first-order chi connectivity index (χ1) is 22.1. The van der Waals surface area contributed by atoms with Gasteiger partial charge in [0.1, 0.15) is 5.71 Å². The van der Waals surface area contributed by atoms with Gasteiger partial charge < -0.3 is 29.6 Å². The highest BCUT2D eigenvalue weighted by molar-refractivity contribution is 7.99. The monoisotopic (exact) mass is 629 g/mol. The van der Waals surface area contributed by atoms with Gasteiger partial charge in [0.25, 0.3) is 5.91 Å². The second kappa shape index (κ2) is 18.7. The summed E-state index contributed by atoms with van der Waals surface area (Å²) < 4.78 is 21.2. The molecule has 1 aliphatic rings. The molecule has 0 unspecified atom stereocenters. The fraction of sp³-hybridized carbons (Fsp3) is 0.343. The Bertz CT molecular complexity index is 1510. The second-order valence-electron chi connectivity index (χ2n) is 9.97. The fourth-order valence-electron chi connectivity index (χ4n) is 4.37. The van der Waals surface area contributed by atoms with Crippen molar-refractivity contribution in [1.82, 2.24) is 5.32 Å². The third-order valence-corrected chi connectivity index (χ3v) is 7.75. The number of amides is 2. The van der Waals surface area contributed by atoms with Crippen LogP contribution in [0.4, 0.5) is 5.69 Å². The maximum atomic E-state index is 12.3. The number of nitrogens with zero attached hydrogens (tertiary/aromatic N) is 1. The standard InChI is InChI=1S/C35H39N3O6S/c1-36-35(40)31-6-3-4-7-33(31)45-29-14-15-30-27(24-29)25-37-32(30)16-11-26-9-12-28(13-10-26)38-34(39)8-5-17-42-20-21-44-23-22-43-19-18-41-2/h3-4,6-7,9-10,12-15,24H,5,8,17-23,25H2,1-2H3,(H,36,40)(H,38,39). The van der Waals surface area contributed by atoms with E-state index >= 15 is 0 Å². The van der Waals surface area contributed by atoms with E-state index in [0.29, 0.717) is 71.2 Å². The summed E-state index contributed by atoms with van der Waals surface area (Å²) in [7, 11) is 3.27. The Morgan fingerprint density at radius 2 is 1.58 bits per heavy atom. The lowest BCUT2D eigenvalue weighted by Gasteiger charge is -2.09. The summed E-state index contributed by atoms with van der Waals surface area (Å²) in [5, 5.41) is 5.62. The lowest BCUT2D eigenvalue weighted by Crippen LogP contribution is -2.18. The van der Waals surface area contributed by atoms with Gasteiger partial charge in [0.05, 0.1) is 51.7 Å². The Hall–Kier alpha value is -3.98. The zero-order valence-electron chi connectivity index (χ0n) is 25.7. The van der Waals surface area contributed by atoms with Crippen LogP contribution in [0.5, 0.6) is 0 Å². The molecule has 1 aliphatic heterocycles. The lowest BCUT2D eigenvalue weighted by atomic mass is 10.1. The maximum Gasteiger partial charge on any atom is 0.252 e. The third kappa shape index (κ3) is 11.2. The zero-order valence-corrected chi connectivity index (χ0v) is 26.5. The second-order valence-corrected chi connectivity index (χ2v) is 11.1. The number of ether oxygens (including phenoxy) is 4. The third-order valence-electron chi connectivity index (χ3n) is 6.69. The first kappa shape index (κ1) is 33.9. The molecule has 0 spiro atoms. The topological polar surface area (TPSA) is 107 Å². The minimum atomic E-state index is -0.105. The Kier molecular flexibility index (Phi) is 14.1. The average molecular weight is 630 g/mol. The van der Waals surface area contributed by atoms with Gasteiger partial charge in [-0.05, 0) is 66.4 Å². The van der Waals surface area contributed by atoms with E-state index in [0.717, 1.165) is 37.9 Å². The van der Waals surface area contributed by atoms with Crippen LogP contribution in [0.1, 0.15) is 39.9 Å². The molecule has 0 fully saturated rings. The Morgan fingerprint density at radius 3 is 2.31 bits per heavy atom. The normalized spacial score (nSPS) is 11.7. The number of anilines is 1. The molecular formula is C35H39N3O6S. The van der Waals surface area contributed by atoms with Crippen LogP contribution in [0.3, 0.4) is 0 Å². The number of aliphatic imine (C=N–C) groups is 1. The molecule has 0 saturated heterocycles. The van der Waals surface area contributed by atoms with Gasteiger partial charge in [0, 0.05) is 53.8 Å². The predicted molar refractivity (Wildman–Crippen MR) is 176 cm³/mol. The Morgan fingerprint density at radius 1 is 0.867 bits per heavy atom. The largest absolute Gasteiger partial charge is 0.382 e. The van der Waals surface area contributed by atoms with Gasteiger partial charge in [-0.1, -0.05) is 35.9 Å². The van der Waals surface area contributed by atoms with E-state index in [-0.39, 0.29) is 11.8 Å². The van der Waals surface area contributed by atoms with Gasteiger partial charge in [0.15, 0.2) is 0 Å². The Balaban J connectivity index is 1.17. The molecule has 0 bridgehead atoms. The van der Waals surface area contributed by atoms with Crippen LogP contribution >= 0.6 is 11.8 Å². The molecule has 10 heteroatoms. The van der Waals surface area contributed by atoms with Crippen LogP contribution in [0.25, 0.3) is 0 Å². The van der Waals surface area contributed by atoms with E-state index in [9.17, 15) is 9.59 Å². The lowest BCUT2D eigenvalue weighted by molar-refractivity contribution is -0.116. The van der Waals surface area contributed by atoms with Crippen LogP contribution in [-0.4, -0.2) is 77.9 Å². The zero-order chi connectivity index (χ0) is 31.7. The molecule has 1 heterocycles. The van der Waals surface area contributed by atoms with Gasteiger partial charge in [-0.2, -0.15) is 0 Å². The van der Waals surface area contributed by atoms with E-state index in [1.54, 1.807) is 25.9 Å². The summed E-state index contributed by atoms with van der Waals surface area (Å²) in [5.41, 5.74) is 5.09. The van der Waals surface area contributed by atoms with Crippen molar-refractivity contribution in [3.8, 4) is 11.8 Å². The van der Waals surface area contributed by atoms with Crippen molar-refractivity contribution in [2.24, 2.45) is 4.99 Å². The van der Waals surface area contributed by atoms with Crippen LogP contribution < -0.4 is 10.6 Å². The fourth-order valence-corrected chi connectivity index (χ4v) is 5.38. The smallest absolute Gasteiger partial charge is 0.252 e. The van der Waals surface area contributed by atoms with E-state index in [1.807, 2.05) is 60.7 Å². The number of nitrogens with one attached hydrogen (secondary N) is 2. The molecule has 9 nitrogen and oxygen atoms in total. The van der Waals surface area contributed by atoms with Crippen molar-refractivity contribution in [2.45, 2.75) is 29.2 Å². The van der Waals surface area contributed by atoms with Crippen molar-refractivity contribution in [3.05, 3.63) is 89.0 Å². The number of hydrogen-bond acceptors (Lipinski definition) is 8. The summed E-state index contributed by atoms with van der Waals surface area (Å²) in [6, 6.07) is 21.2. The SMILES string of the molecule is CNC(=O)c1ccccc1Sc1ccc2c(c1)CN=C2C#Cc1ccc(NC(=O)CCCOCCOCCOCCOC)cc1. The van der Waals surface area contributed by atoms with Gasteiger partial charge in [0.2, 0.25) is 5.91 Å². The molecule has 0 aliphatic carbocycles. The molecular weight excluding hydrogens is 590 g/mol. The minimum absolute atomic E-state index is 0.0616. The molecule has 0 saturated carbocycles. The van der Waals surface area contributed by atoms with Crippen molar-refractivity contribution < 1.29 is 28.5 Å². The van der Waals surface area contributed by atoms with Crippen LogP contribution in [0.15, 0.2) is 81.5 Å². The number of rotatable bonds is 17. The number of fused-ring (bicyclic) bond motifs is 1. The minimum Gasteiger partial charge on any atom is -0.382 e. The quantitative estimate of drug-likeness (QED) is 0.161. The highest BCUT2D eigenvalue weighted by atomic mass is 32.2. The number of methoxy groups -OCH3 is 1. The molecule has 236 valence electrons. The predicted octanol–water partition coefficient (Wildman–Crippen LogP) is 4.97. The molecule has 2 amide bonds. The summed E-state index contributed by atoms with van der Waals surface area (Å²) in [5.74, 6) is 6.22. The highest BCUT2D eigenvalue weighted by Gasteiger charge is 2.16. The van der Waals surface area contributed by atoms with Crippen LogP contribution in [0, 0.1) is 11.8 Å². The maximum absolute atomic E-state index is 12.3. The van der Waals surface area contributed by atoms with Gasteiger partial charge in [-0.15, -0.1) is 0 Å². The Labute approximate surface area is 269 Å². The molecule has 0 radical (unpaired) electrons. The first-order valence-corrected chi connectivity index (χ1v) is 15.7. The molecule has 0 atom stereocenters. The molecule has 45 heavy (non-hydrogen) atoms. The van der Waals surface area contributed by atoms with E-state index in [1.165, 1.54) is 0 Å². The summed E-state index contributed by atoms with van der Waals surface area (Å²) in [6.45, 7) is 4.22. The van der Waals surface area contributed by atoms with E-state index in [4.69, 9.17) is 18.9 Å². The van der Waals surface area contributed by atoms with Crippen molar-refractivity contribution in [2.75, 3.05) is 65.7 Å². The van der Waals surface area contributed by atoms with Gasteiger partial charge in [-0.3, -0.25) is 14.6 Å². The molecule has 3 aromatic rings. The van der Waals surface area contributed by atoms with Crippen molar-refractivity contribution in [3.63, 3.8) is 0 Å². The molecule has 3 aromatic carbocycles. The molecule has 2 N–H and O–H groups in total. The van der Waals surface area contributed by atoms with E-state index in [2.05, 4.69) is 33.5 Å². The number of hydrogen-bond donors (Lipinski definition) is 2. The number of carbonyl (C=O) groups excluding carboxylic acids is 2. The average Bonchev–Trinajstić information content (AvgIpc) is 3.47. The number of carbonyl (C=O) groups is 2. The van der Waals surface area contributed by atoms with Gasteiger partial charge in [-0.25, -0.2) is 0 Å². The van der Waals surface area contributed by atoms with Crippen LogP contribution in [-0.2, 0) is 30.3 Å². The van der Waals surface area contributed by atoms with Crippen LogP contribution in [0.2, 0.25) is 0 Å². The molecule has 0 aromatic heterocycles. The van der Waals surface area contributed by atoms with E-state index < -0.39 is 0 Å². The first-order valence-electron chi connectivity index (χ1n) is 14.9. The summed E-state index contributed by atoms with van der Waals surface area (Å²) >= 11 is 1.56. The van der Waals surface area contributed by atoms with Gasteiger partial charge >= 0.3 is 0 Å². The molecule has 4 rings (SSSR count). The summed E-state index contributed by atoms with van der Waals surface area (Å²) in [6.07, 6.45) is 0.998. The number of benzene rings is 3. The van der Waals surface area contributed by atoms with Crippen molar-refractivity contribution in [1.29, 1.82) is 0 Å². The summed E-state index contributed by atoms with van der Waals surface area (Å²) in [4.78, 5) is 31.1. The van der Waals surface area contributed by atoms with Crippen molar-refractivity contribution >= 4 is 35.0 Å². The highest BCUT2D eigenvalue weighted by Crippen LogP contribution is 2.33.